The number of hydrogen-bond donors (Lipinski definition) is 2. The van der Waals surface area contributed by atoms with E-state index in [1.54, 1.807) is 12.1 Å². The SMILES string of the molecule is CC(O)(CO)C(=O)C=Cc1cccc(OCc2ccccc2)c1. The van der Waals surface area contributed by atoms with Crippen LogP contribution in [0.3, 0.4) is 0 Å². The molecule has 1 atom stereocenters. The second-order valence-electron chi connectivity index (χ2n) is 5.48. The third-order valence-corrected chi connectivity index (χ3v) is 3.37. The van der Waals surface area contributed by atoms with Crippen molar-refractivity contribution in [2.24, 2.45) is 0 Å². The summed E-state index contributed by atoms with van der Waals surface area (Å²) in [6.45, 7) is 1.13. The Balaban J connectivity index is 2.01. The number of ether oxygens (including phenoxy) is 1. The van der Waals surface area contributed by atoms with Crippen LogP contribution in [0.5, 0.6) is 5.75 Å². The van der Waals surface area contributed by atoms with E-state index in [0.717, 1.165) is 11.1 Å². The highest BCUT2D eigenvalue weighted by molar-refractivity contribution is 5.99. The number of carbonyl (C=O) groups excluding carboxylic acids is 1. The van der Waals surface area contributed by atoms with Crippen molar-refractivity contribution in [3.8, 4) is 5.75 Å². The second kappa shape index (κ2) is 7.72. The van der Waals surface area contributed by atoms with Gasteiger partial charge >= 0.3 is 0 Å². The van der Waals surface area contributed by atoms with Crippen molar-refractivity contribution < 1.29 is 19.7 Å². The molecule has 0 aliphatic rings. The van der Waals surface area contributed by atoms with Gasteiger partial charge in [-0.05, 0) is 36.3 Å². The Morgan fingerprint density at radius 2 is 1.91 bits per heavy atom. The number of aliphatic hydroxyl groups excluding tert-OH is 1. The lowest BCUT2D eigenvalue weighted by molar-refractivity contribution is -0.133. The summed E-state index contributed by atoms with van der Waals surface area (Å²) in [5.74, 6) is 0.146. The van der Waals surface area contributed by atoms with Crippen LogP contribution in [0.4, 0.5) is 0 Å². The number of aliphatic hydroxyl groups is 2. The summed E-state index contributed by atoms with van der Waals surface area (Å²) < 4.78 is 5.72. The molecule has 0 aliphatic carbocycles. The third-order valence-electron chi connectivity index (χ3n) is 3.37. The molecule has 0 aliphatic heterocycles. The van der Waals surface area contributed by atoms with Gasteiger partial charge in [0.1, 0.15) is 18.0 Å². The fourth-order valence-electron chi connectivity index (χ4n) is 1.88. The molecular weight excluding hydrogens is 292 g/mol. The van der Waals surface area contributed by atoms with Gasteiger partial charge in [0.2, 0.25) is 0 Å². The molecule has 2 aromatic rings. The van der Waals surface area contributed by atoms with Crippen molar-refractivity contribution in [1.29, 1.82) is 0 Å². The smallest absolute Gasteiger partial charge is 0.189 e. The highest BCUT2D eigenvalue weighted by atomic mass is 16.5. The molecule has 0 radical (unpaired) electrons. The molecule has 23 heavy (non-hydrogen) atoms. The molecular formula is C19H20O4. The number of carbonyl (C=O) groups is 1. The molecule has 2 N–H and O–H groups in total. The second-order valence-corrected chi connectivity index (χ2v) is 5.48. The van der Waals surface area contributed by atoms with E-state index in [9.17, 15) is 9.90 Å². The van der Waals surface area contributed by atoms with E-state index < -0.39 is 18.0 Å². The zero-order chi connectivity index (χ0) is 16.7. The standard InChI is InChI=1S/C19H20O4/c1-19(22,14-20)18(21)11-10-15-8-5-9-17(12-15)23-13-16-6-3-2-4-7-16/h2-12,20,22H,13-14H2,1H3. The minimum Gasteiger partial charge on any atom is -0.489 e. The molecule has 0 aromatic heterocycles. The molecule has 0 amide bonds. The van der Waals surface area contributed by atoms with Gasteiger partial charge in [-0.25, -0.2) is 0 Å². The molecule has 2 rings (SSSR count). The lowest BCUT2D eigenvalue weighted by atomic mass is 10.0. The summed E-state index contributed by atoms with van der Waals surface area (Å²) in [5.41, 5.74) is 0.0954. The van der Waals surface area contributed by atoms with Crippen LogP contribution in [0.1, 0.15) is 18.1 Å². The largest absolute Gasteiger partial charge is 0.489 e. The Hall–Kier alpha value is -2.43. The minimum atomic E-state index is -1.75. The fourth-order valence-corrected chi connectivity index (χ4v) is 1.88. The molecule has 0 spiro atoms. The Morgan fingerprint density at radius 3 is 2.61 bits per heavy atom. The molecule has 0 fully saturated rings. The minimum absolute atomic E-state index is 0.464. The van der Waals surface area contributed by atoms with E-state index >= 15 is 0 Å². The first-order chi connectivity index (χ1) is 11.0. The molecule has 2 aromatic carbocycles. The number of rotatable bonds is 7. The summed E-state index contributed by atoms with van der Waals surface area (Å²) in [6, 6.07) is 17.1. The van der Waals surface area contributed by atoms with Gasteiger partial charge in [-0.15, -0.1) is 0 Å². The van der Waals surface area contributed by atoms with Crippen molar-refractivity contribution in [3.05, 3.63) is 71.8 Å². The molecule has 0 saturated heterocycles. The Bertz CT molecular complexity index is 675. The van der Waals surface area contributed by atoms with Crippen LogP contribution in [-0.2, 0) is 11.4 Å². The van der Waals surface area contributed by atoms with Crippen LogP contribution in [-0.4, -0.2) is 28.2 Å². The first-order valence-corrected chi connectivity index (χ1v) is 7.34. The predicted octanol–water partition coefficient (Wildman–Crippen LogP) is 2.59. The van der Waals surface area contributed by atoms with Crippen LogP contribution in [0.2, 0.25) is 0 Å². The highest BCUT2D eigenvalue weighted by Gasteiger charge is 2.26. The van der Waals surface area contributed by atoms with Gasteiger partial charge in [0, 0.05) is 0 Å². The Kier molecular flexibility index (Phi) is 5.68. The summed E-state index contributed by atoms with van der Waals surface area (Å²) in [6.07, 6.45) is 2.84. The van der Waals surface area contributed by atoms with E-state index in [1.807, 2.05) is 48.5 Å². The average molecular weight is 312 g/mol. The van der Waals surface area contributed by atoms with Crippen molar-refractivity contribution >= 4 is 11.9 Å². The van der Waals surface area contributed by atoms with Gasteiger partial charge in [-0.2, -0.15) is 0 Å². The Morgan fingerprint density at radius 1 is 1.17 bits per heavy atom. The van der Waals surface area contributed by atoms with E-state index in [4.69, 9.17) is 9.84 Å². The van der Waals surface area contributed by atoms with Crippen LogP contribution in [0.15, 0.2) is 60.7 Å². The maximum Gasteiger partial charge on any atom is 0.189 e. The molecule has 0 bridgehead atoms. The van der Waals surface area contributed by atoms with Crippen molar-refractivity contribution in [2.75, 3.05) is 6.61 Å². The quantitative estimate of drug-likeness (QED) is 0.771. The fraction of sp³-hybridized carbons (Fsp3) is 0.211. The summed E-state index contributed by atoms with van der Waals surface area (Å²) in [7, 11) is 0. The number of benzene rings is 2. The Labute approximate surface area is 135 Å². The maximum atomic E-state index is 11.7. The van der Waals surface area contributed by atoms with Crippen LogP contribution < -0.4 is 4.74 Å². The van der Waals surface area contributed by atoms with Gasteiger partial charge in [-0.1, -0.05) is 48.5 Å². The van der Waals surface area contributed by atoms with Gasteiger partial charge in [0.05, 0.1) is 6.61 Å². The van der Waals surface area contributed by atoms with Crippen molar-refractivity contribution in [2.45, 2.75) is 19.1 Å². The zero-order valence-corrected chi connectivity index (χ0v) is 13.0. The number of hydrogen-bond acceptors (Lipinski definition) is 4. The van der Waals surface area contributed by atoms with Crippen molar-refractivity contribution in [1.82, 2.24) is 0 Å². The summed E-state index contributed by atoms with van der Waals surface area (Å²) in [5, 5.41) is 18.6. The lowest BCUT2D eigenvalue weighted by Gasteiger charge is -2.15. The first-order valence-electron chi connectivity index (χ1n) is 7.34. The average Bonchev–Trinajstić information content (AvgIpc) is 2.59. The van der Waals surface area contributed by atoms with Crippen LogP contribution >= 0.6 is 0 Å². The molecule has 1 unspecified atom stereocenters. The summed E-state index contributed by atoms with van der Waals surface area (Å²) >= 11 is 0. The van der Waals surface area contributed by atoms with E-state index in [1.165, 1.54) is 13.0 Å². The number of ketones is 1. The van der Waals surface area contributed by atoms with Gasteiger partial charge in [0.15, 0.2) is 5.78 Å². The maximum absolute atomic E-state index is 11.7. The van der Waals surface area contributed by atoms with E-state index in [0.29, 0.717) is 12.4 Å². The molecule has 4 heteroatoms. The molecule has 0 saturated carbocycles. The molecule has 120 valence electrons. The van der Waals surface area contributed by atoms with Gasteiger partial charge < -0.3 is 14.9 Å². The zero-order valence-electron chi connectivity index (χ0n) is 13.0. The molecule has 4 nitrogen and oxygen atoms in total. The van der Waals surface area contributed by atoms with Gasteiger partial charge in [-0.3, -0.25) is 4.79 Å². The van der Waals surface area contributed by atoms with E-state index in [2.05, 4.69) is 0 Å². The van der Waals surface area contributed by atoms with Crippen molar-refractivity contribution in [3.63, 3.8) is 0 Å². The first kappa shape index (κ1) is 16.9. The summed E-state index contributed by atoms with van der Waals surface area (Å²) in [4.78, 5) is 11.7. The highest BCUT2D eigenvalue weighted by Crippen LogP contribution is 2.17. The normalized spacial score (nSPS) is 13.7. The topological polar surface area (TPSA) is 66.8 Å². The third kappa shape index (κ3) is 5.06. The van der Waals surface area contributed by atoms with Crippen LogP contribution in [0.25, 0.3) is 6.08 Å². The van der Waals surface area contributed by atoms with E-state index in [-0.39, 0.29) is 0 Å². The van der Waals surface area contributed by atoms with Gasteiger partial charge in [0.25, 0.3) is 0 Å². The molecule has 0 heterocycles. The van der Waals surface area contributed by atoms with Crippen LogP contribution in [0, 0.1) is 0 Å². The monoisotopic (exact) mass is 312 g/mol. The predicted molar refractivity (Wildman–Crippen MR) is 89.0 cm³/mol. The lowest BCUT2D eigenvalue weighted by Crippen LogP contribution is -2.37.